The predicted octanol–water partition coefficient (Wildman–Crippen LogP) is 3.16. The van der Waals surface area contributed by atoms with Crippen LogP contribution in [0.2, 0.25) is 0 Å². The molecular formula is C11H20F3NOS. The van der Waals surface area contributed by atoms with Gasteiger partial charge in [0.25, 0.3) is 0 Å². The zero-order valence-corrected chi connectivity index (χ0v) is 11.3. The van der Waals surface area contributed by atoms with E-state index in [9.17, 15) is 17.7 Å². The van der Waals surface area contributed by atoms with E-state index in [4.69, 9.17) is 0 Å². The van der Waals surface area contributed by atoms with Gasteiger partial charge in [0.05, 0.1) is 6.04 Å². The van der Waals surface area contributed by atoms with Crippen LogP contribution in [-0.2, 0) is 11.4 Å². The first-order valence-electron chi connectivity index (χ1n) is 5.84. The molecule has 0 radical (unpaired) electrons. The molecule has 102 valence electrons. The topological polar surface area (TPSA) is 35.1 Å². The van der Waals surface area contributed by atoms with Gasteiger partial charge in [-0.05, 0) is 46.0 Å². The molecule has 2 atom stereocenters. The molecule has 0 bridgehead atoms. The molecule has 0 aliphatic heterocycles. The lowest BCUT2D eigenvalue weighted by atomic mass is 10.1. The Morgan fingerprint density at radius 3 is 2.18 bits per heavy atom. The maximum Gasteiger partial charge on any atom is 0.389 e. The van der Waals surface area contributed by atoms with Crippen LogP contribution in [0.4, 0.5) is 13.2 Å². The third kappa shape index (κ3) is 5.97. The fourth-order valence-corrected chi connectivity index (χ4v) is 2.46. The number of nitrogens with one attached hydrogen (secondary N) is 1. The van der Waals surface area contributed by atoms with Gasteiger partial charge in [0.1, 0.15) is 4.75 Å². The summed E-state index contributed by atoms with van der Waals surface area (Å²) in [5.41, 5.74) is 0. The number of rotatable bonds is 5. The smallest absolute Gasteiger partial charge is 0.389 e. The number of hydrogen-bond acceptors (Lipinski definition) is 2. The van der Waals surface area contributed by atoms with Crippen molar-refractivity contribution in [3.8, 4) is 0 Å². The van der Waals surface area contributed by atoms with E-state index in [0.717, 1.165) is 12.8 Å². The molecule has 1 saturated carbocycles. The Bertz CT molecular complexity index is 248. The first-order valence-corrected chi connectivity index (χ1v) is 6.99. The van der Waals surface area contributed by atoms with Gasteiger partial charge >= 0.3 is 6.18 Å². The van der Waals surface area contributed by atoms with Crippen LogP contribution in [-0.4, -0.2) is 21.5 Å². The first kappa shape index (κ1) is 15.1. The Hall–Kier alpha value is 0.0600. The molecule has 0 aromatic heterocycles. The molecule has 0 spiro atoms. The summed E-state index contributed by atoms with van der Waals surface area (Å²) in [6.07, 6.45) is -3.02. The van der Waals surface area contributed by atoms with Crippen LogP contribution < -0.4 is 4.72 Å². The van der Waals surface area contributed by atoms with Gasteiger partial charge in [0.2, 0.25) is 0 Å². The van der Waals surface area contributed by atoms with Crippen molar-refractivity contribution in [1.29, 1.82) is 0 Å². The van der Waals surface area contributed by atoms with E-state index in [-0.39, 0.29) is 18.4 Å². The van der Waals surface area contributed by atoms with Crippen LogP contribution in [0, 0.1) is 5.92 Å². The molecule has 1 fully saturated rings. The van der Waals surface area contributed by atoms with Gasteiger partial charge in [-0.3, -0.25) is 0 Å². The third-order valence-corrected chi connectivity index (χ3v) is 4.37. The van der Waals surface area contributed by atoms with Crippen LogP contribution in [0.1, 0.15) is 46.5 Å². The van der Waals surface area contributed by atoms with Crippen molar-refractivity contribution in [2.24, 2.45) is 5.92 Å². The van der Waals surface area contributed by atoms with Gasteiger partial charge in [0.15, 0.2) is 0 Å². The van der Waals surface area contributed by atoms with Gasteiger partial charge in [-0.2, -0.15) is 13.2 Å². The average molecular weight is 271 g/mol. The van der Waals surface area contributed by atoms with Gasteiger partial charge < -0.3 is 4.55 Å². The molecular weight excluding hydrogens is 251 g/mol. The molecule has 0 saturated heterocycles. The van der Waals surface area contributed by atoms with Gasteiger partial charge in [-0.1, -0.05) is 0 Å². The van der Waals surface area contributed by atoms with E-state index < -0.39 is 28.7 Å². The molecule has 0 aromatic carbocycles. The number of hydrogen-bond donors (Lipinski definition) is 1. The fourth-order valence-electron chi connectivity index (χ4n) is 1.52. The minimum absolute atomic E-state index is 0.0238. The summed E-state index contributed by atoms with van der Waals surface area (Å²) in [6, 6.07) is -0.267. The Balaban J connectivity index is 2.44. The molecule has 0 unspecified atom stereocenters. The predicted molar refractivity (Wildman–Crippen MR) is 62.8 cm³/mol. The summed E-state index contributed by atoms with van der Waals surface area (Å²) in [4.78, 5) is 0. The van der Waals surface area contributed by atoms with E-state index in [1.807, 2.05) is 20.8 Å². The van der Waals surface area contributed by atoms with Crippen LogP contribution >= 0.6 is 0 Å². The summed E-state index contributed by atoms with van der Waals surface area (Å²) in [7, 11) is 0. The number of alkyl halides is 3. The van der Waals surface area contributed by atoms with Crippen LogP contribution in [0.15, 0.2) is 0 Å². The summed E-state index contributed by atoms with van der Waals surface area (Å²) < 4.78 is 50.8. The van der Waals surface area contributed by atoms with Gasteiger partial charge in [0, 0.05) is 17.8 Å². The second-order valence-corrected chi connectivity index (χ2v) is 7.59. The molecule has 1 rings (SSSR count). The Labute approximate surface area is 104 Å². The minimum Gasteiger partial charge on any atom is -0.598 e. The molecule has 0 aromatic rings. The fraction of sp³-hybridized carbons (Fsp3) is 1.00. The Morgan fingerprint density at radius 2 is 1.82 bits per heavy atom. The largest absolute Gasteiger partial charge is 0.598 e. The standard InChI is InChI=1S/C11H20F3NOS/c1-10(2,3)17(16)15-9(8-4-5-8)6-7-11(12,13)14/h8-9,15H,4-7H2,1-3H3/t9-,17-/m0/s1. The molecule has 17 heavy (non-hydrogen) atoms. The Morgan fingerprint density at radius 1 is 1.29 bits per heavy atom. The van der Waals surface area contributed by atoms with Crippen molar-refractivity contribution in [3.63, 3.8) is 0 Å². The lowest BCUT2D eigenvalue weighted by Crippen LogP contribution is -2.45. The van der Waals surface area contributed by atoms with Crippen molar-refractivity contribution >= 4 is 11.4 Å². The highest BCUT2D eigenvalue weighted by Gasteiger charge is 2.39. The SMILES string of the molecule is CC(C)(C)[S@+]([O-])N[C@@H](CCC(F)(F)F)C1CC1. The molecule has 0 heterocycles. The maximum atomic E-state index is 12.2. The number of halogens is 3. The highest BCUT2D eigenvalue weighted by molar-refractivity contribution is 7.90. The van der Waals surface area contributed by atoms with Gasteiger partial charge in [-0.25, -0.2) is 0 Å². The van der Waals surface area contributed by atoms with E-state index in [0.29, 0.717) is 0 Å². The zero-order chi connectivity index (χ0) is 13.3. The van der Waals surface area contributed by atoms with E-state index >= 15 is 0 Å². The van der Waals surface area contributed by atoms with E-state index in [1.54, 1.807) is 0 Å². The second kappa shape index (κ2) is 5.36. The van der Waals surface area contributed by atoms with Crippen LogP contribution in [0.5, 0.6) is 0 Å². The first-order chi connectivity index (χ1) is 7.59. The average Bonchev–Trinajstić information content (AvgIpc) is 2.91. The summed E-state index contributed by atoms with van der Waals surface area (Å²) >= 11 is -1.29. The summed E-state index contributed by atoms with van der Waals surface area (Å²) in [5, 5.41) is 0. The van der Waals surface area contributed by atoms with Crippen LogP contribution in [0.3, 0.4) is 0 Å². The van der Waals surface area contributed by atoms with Gasteiger partial charge in [-0.15, -0.1) is 4.72 Å². The maximum absolute atomic E-state index is 12.2. The van der Waals surface area contributed by atoms with Crippen molar-refractivity contribution in [1.82, 2.24) is 4.72 Å². The lowest BCUT2D eigenvalue weighted by Gasteiger charge is -2.28. The van der Waals surface area contributed by atoms with E-state index in [1.165, 1.54) is 0 Å². The molecule has 1 aliphatic carbocycles. The van der Waals surface area contributed by atoms with E-state index in [2.05, 4.69) is 4.72 Å². The molecule has 2 nitrogen and oxygen atoms in total. The normalized spacial score (nSPS) is 21.4. The minimum atomic E-state index is -4.13. The van der Waals surface area contributed by atoms with Crippen molar-refractivity contribution in [2.45, 2.75) is 63.4 Å². The summed E-state index contributed by atoms with van der Waals surface area (Å²) in [6.45, 7) is 5.43. The lowest BCUT2D eigenvalue weighted by molar-refractivity contribution is -0.136. The second-order valence-electron chi connectivity index (χ2n) is 5.60. The highest BCUT2D eigenvalue weighted by Crippen LogP contribution is 2.37. The Kier molecular flexibility index (Phi) is 4.77. The third-order valence-electron chi connectivity index (χ3n) is 2.74. The molecule has 0 amide bonds. The highest BCUT2D eigenvalue weighted by atomic mass is 32.2. The van der Waals surface area contributed by atoms with Crippen LogP contribution in [0.25, 0.3) is 0 Å². The molecule has 1 aliphatic rings. The van der Waals surface area contributed by atoms with Crippen molar-refractivity contribution < 1.29 is 17.7 Å². The van der Waals surface area contributed by atoms with Crippen molar-refractivity contribution in [3.05, 3.63) is 0 Å². The van der Waals surface area contributed by atoms with Crippen molar-refractivity contribution in [2.75, 3.05) is 0 Å². The monoisotopic (exact) mass is 271 g/mol. The molecule has 1 N–H and O–H groups in total. The zero-order valence-electron chi connectivity index (χ0n) is 10.4. The quantitative estimate of drug-likeness (QED) is 0.780. The summed E-state index contributed by atoms with van der Waals surface area (Å²) in [5.74, 6) is 0.267. The molecule has 6 heteroatoms.